The fraction of sp³-hybridized carbons (Fsp3) is 0.458. The predicted molar refractivity (Wildman–Crippen MR) is 122 cm³/mol. The molecule has 5 rings (SSSR count). The lowest BCUT2D eigenvalue weighted by Gasteiger charge is -2.56. The molecule has 2 fully saturated rings. The fourth-order valence-corrected chi connectivity index (χ4v) is 5.48. The summed E-state index contributed by atoms with van der Waals surface area (Å²) in [6.07, 6.45) is 7.84. The van der Waals surface area contributed by atoms with E-state index in [4.69, 9.17) is 0 Å². The van der Waals surface area contributed by atoms with Gasteiger partial charge in [-0.05, 0) is 63.8 Å². The summed E-state index contributed by atoms with van der Waals surface area (Å²) >= 11 is 0. The highest BCUT2D eigenvalue weighted by Crippen LogP contribution is 2.43. The zero-order valence-electron chi connectivity index (χ0n) is 18.7. The predicted octanol–water partition coefficient (Wildman–Crippen LogP) is 3.87. The highest BCUT2D eigenvalue weighted by molar-refractivity contribution is 5.69. The molecule has 2 aliphatic rings. The molecule has 2 aliphatic heterocycles. The first-order chi connectivity index (χ1) is 15.3. The van der Waals surface area contributed by atoms with Crippen LogP contribution in [0.2, 0.25) is 0 Å². The van der Waals surface area contributed by atoms with Crippen LogP contribution >= 0.6 is 0 Å². The number of aromatic hydroxyl groups is 1. The fourth-order valence-electron chi connectivity index (χ4n) is 5.48. The van der Waals surface area contributed by atoms with Gasteiger partial charge in [-0.1, -0.05) is 0 Å². The molecular formula is C24H29FN6O. The average molecular weight is 437 g/mol. The van der Waals surface area contributed by atoms with Gasteiger partial charge in [-0.15, -0.1) is 10.2 Å². The van der Waals surface area contributed by atoms with Gasteiger partial charge in [0, 0.05) is 42.1 Å². The van der Waals surface area contributed by atoms with Crippen molar-refractivity contribution in [2.24, 2.45) is 0 Å². The number of hydrogen-bond acceptors (Lipinski definition) is 6. The molecule has 4 atom stereocenters. The van der Waals surface area contributed by atoms with E-state index >= 15 is 4.39 Å². The zero-order valence-corrected chi connectivity index (χ0v) is 18.7. The third kappa shape index (κ3) is 3.52. The Morgan fingerprint density at radius 3 is 2.72 bits per heavy atom. The van der Waals surface area contributed by atoms with E-state index in [1.807, 2.05) is 53.9 Å². The number of phenolic OH excluding ortho intramolecular Hbond substituents is 1. The molecule has 0 saturated carbocycles. The Balaban J connectivity index is 1.38. The van der Waals surface area contributed by atoms with Crippen molar-refractivity contribution >= 4 is 5.82 Å². The third-order valence-electron chi connectivity index (χ3n) is 7.19. The summed E-state index contributed by atoms with van der Waals surface area (Å²) in [6, 6.07) is 8.77. The van der Waals surface area contributed by atoms with Crippen molar-refractivity contribution in [3.8, 4) is 22.7 Å². The lowest BCUT2D eigenvalue weighted by Crippen LogP contribution is -2.72. The largest absolute Gasteiger partial charge is 0.507 e. The van der Waals surface area contributed by atoms with Crippen molar-refractivity contribution in [1.29, 1.82) is 0 Å². The van der Waals surface area contributed by atoms with Crippen LogP contribution < -0.4 is 10.2 Å². The van der Waals surface area contributed by atoms with Crippen LogP contribution in [0, 0.1) is 0 Å². The minimum Gasteiger partial charge on any atom is -0.507 e. The molecule has 3 aromatic rings. The van der Waals surface area contributed by atoms with Crippen molar-refractivity contribution in [3.63, 3.8) is 0 Å². The number of anilines is 1. The SMILES string of the molecule is CN(c1ccc(-c2ccc(-n3ccnc3)cc2O)nn1)[C@H]1C[C@]2(C)CCC[C@@](C)(N2)[C@H]1F. The highest BCUT2D eigenvalue weighted by Gasteiger charge is 2.53. The summed E-state index contributed by atoms with van der Waals surface area (Å²) in [5.74, 6) is 0.741. The van der Waals surface area contributed by atoms with Crippen LogP contribution in [0.4, 0.5) is 10.2 Å². The lowest BCUT2D eigenvalue weighted by atomic mass is 9.68. The molecule has 0 radical (unpaired) electrons. The Labute approximate surface area is 187 Å². The maximum atomic E-state index is 15.6. The summed E-state index contributed by atoms with van der Waals surface area (Å²) < 4.78 is 17.4. The number of alkyl halides is 1. The zero-order chi connectivity index (χ0) is 22.5. The van der Waals surface area contributed by atoms with Gasteiger partial charge >= 0.3 is 0 Å². The van der Waals surface area contributed by atoms with E-state index in [9.17, 15) is 5.11 Å². The number of halogens is 1. The van der Waals surface area contributed by atoms with Crippen LogP contribution in [0.15, 0.2) is 49.1 Å². The number of fused-ring (bicyclic) bond motifs is 2. The summed E-state index contributed by atoms with van der Waals surface area (Å²) in [4.78, 5) is 5.95. The van der Waals surface area contributed by atoms with Crippen LogP contribution in [0.5, 0.6) is 5.75 Å². The number of phenols is 1. The molecule has 2 saturated heterocycles. The van der Waals surface area contributed by atoms with Crippen molar-refractivity contribution in [3.05, 3.63) is 49.1 Å². The Morgan fingerprint density at radius 1 is 1.19 bits per heavy atom. The van der Waals surface area contributed by atoms with Crippen LogP contribution in [0.3, 0.4) is 0 Å². The Morgan fingerprint density at radius 2 is 2.03 bits per heavy atom. The topological polar surface area (TPSA) is 79.1 Å². The van der Waals surface area contributed by atoms with Crippen molar-refractivity contribution < 1.29 is 9.50 Å². The van der Waals surface area contributed by atoms with Gasteiger partial charge in [-0.25, -0.2) is 9.37 Å². The molecule has 168 valence electrons. The molecular weight excluding hydrogens is 407 g/mol. The molecule has 0 unspecified atom stereocenters. The maximum Gasteiger partial charge on any atom is 0.151 e. The molecule has 7 nitrogen and oxygen atoms in total. The molecule has 2 bridgehead atoms. The minimum atomic E-state index is -0.998. The summed E-state index contributed by atoms with van der Waals surface area (Å²) in [7, 11) is 1.89. The second kappa shape index (κ2) is 7.55. The van der Waals surface area contributed by atoms with Crippen LogP contribution in [0.25, 0.3) is 16.9 Å². The molecule has 8 heteroatoms. The molecule has 32 heavy (non-hydrogen) atoms. The van der Waals surface area contributed by atoms with Gasteiger partial charge in [0.15, 0.2) is 5.82 Å². The number of hydrogen-bond donors (Lipinski definition) is 2. The van der Waals surface area contributed by atoms with Gasteiger partial charge < -0.3 is 19.9 Å². The molecule has 1 aromatic carbocycles. The van der Waals surface area contributed by atoms with Gasteiger partial charge in [-0.2, -0.15) is 0 Å². The minimum absolute atomic E-state index is 0.0648. The maximum absolute atomic E-state index is 15.6. The molecule has 4 heterocycles. The standard InChI is InChI=1S/C24H29FN6O/c1-23-9-4-10-24(2,29-23)22(25)19(14-23)30(3)21-8-7-18(27-28-21)17-6-5-16(13-20(17)32)31-12-11-26-15-31/h5-8,11-13,15,19,22,29,32H,4,9-10,14H2,1-3H3/t19-,22-,23-,24+/m0/s1. The van der Waals surface area contributed by atoms with Gasteiger partial charge in [0.1, 0.15) is 11.9 Å². The first kappa shape index (κ1) is 20.9. The van der Waals surface area contributed by atoms with Gasteiger partial charge in [-0.3, -0.25) is 0 Å². The summed E-state index contributed by atoms with van der Waals surface area (Å²) in [5, 5.41) is 22.8. The van der Waals surface area contributed by atoms with E-state index in [2.05, 4.69) is 27.4 Å². The smallest absolute Gasteiger partial charge is 0.151 e. The summed E-state index contributed by atoms with van der Waals surface area (Å²) in [6.45, 7) is 4.20. The normalized spacial score (nSPS) is 29.6. The van der Waals surface area contributed by atoms with Crippen molar-refractivity contribution in [2.75, 3.05) is 11.9 Å². The quantitative estimate of drug-likeness (QED) is 0.646. The van der Waals surface area contributed by atoms with Crippen LogP contribution in [0.1, 0.15) is 39.5 Å². The lowest BCUT2D eigenvalue weighted by molar-refractivity contribution is 0.00195. The molecule has 0 spiro atoms. The molecule has 2 N–H and O–H groups in total. The molecule has 0 aliphatic carbocycles. The van der Waals surface area contributed by atoms with Gasteiger partial charge in [0.05, 0.1) is 23.8 Å². The number of piperidine rings is 2. The Hall–Kier alpha value is -3.00. The van der Waals surface area contributed by atoms with Gasteiger partial charge in [0.25, 0.3) is 0 Å². The summed E-state index contributed by atoms with van der Waals surface area (Å²) in [5.41, 5.74) is 1.39. The molecule has 2 aromatic heterocycles. The van der Waals surface area contributed by atoms with Crippen LogP contribution in [-0.4, -0.2) is 55.2 Å². The van der Waals surface area contributed by atoms with Crippen LogP contribution in [-0.2, 0) is 0 Å². The van der Waals surface area contributed by atoms with Crippen molar-refractivity contribution in [1.82, 2.24) is 25.1 Å². The highest BCUT2D eigenvalue weighted by atomic mass is 19.1. The number of imidazole rings is 1. The number of nitrogens with one attached hydrogen (secondary N) is 1. The van der Waals surface area contributed by atoms with Gasteiger partial charge in [0.2, 0.25) is 0 Å². The number of rotatable bonds is 4. The average Bonchev–Trinajstić information content (AvgIpc) is 3.31. The van der Waals surface area contributed by atoms with E-state index in [-0.39, 0.29) is 17.3 Å². The van der Waals surface area contributed by atoms with E-state index in [1.54, 1.807) is 18.6 Å². The molecule has 0 amide bonds. The second-order valence-electron chi connectivity index (χ2n) is 9.69. The number of benzene rings is 1. The Kier molecular flexibility index (Phi) is 4.93. The number of aromatic nitrogens is 4. The number of nitrogens with zero attached hydrogens (tertiary/aromatic N) is 5. The second-order valence-corrected chi connectivity index (χ2v) is 9.69. The Bertz CT molecular complexity index is 1100. The van der Waals surface area contributed by atoms with E-state index in [0.29, 0.717) is 17.1 Å². The van der Waals surface area contributed by atoms with E-state index in [0.717, 1.165) is 31.4 Å². The van der Waals surface area contributed by atoms with E-state index in [1.165, 1.54) is 0 Å². The monoisotopic (exact) mass is 436 g/mol. The van der Waals surface area contributed by atoms with Crippen molar-refractivity contribution in [2.45, 2.75) is 62.8 Å². The third-order valence-corrected chi connectivity index (χ3v) is 7.19. The first-order valence-electron chi connectivity index (χ1n) is 11.1. The van der Waals surface area contributed by atoms with E-state index < -0.39 is 11.7 Å². The first-order valence-corrected chi connectivity index (χ1v) is 11.1.